The number of nitrogens with one attached hydrogen (secondary N) is 1. The highest BCUT2D eigenvalue weighted by atomic mass is 35.5. The Balaban J connectivity index is 1.72. The monoisotopic (exact) mass is 432 g/mol. The van der Waals surface area contributed by atoms with E-state index in [4.69, 9.17) is 16.3 Å². The second-order valence-corrected chi connectivity index (χ2v) is 7.33. The minimum atomic E-state index is -0.445. The van der Waals surface area contributed by atoms with Crippen molar-refractivity contribution < 1.29 is 23.9 Å². The Morgan fingerprint density at radius 2 is 1.90 bits per heavy atom. The van der Waals surface area contributed by atoms with Gasteiger partial charge in [-0.3, -0.25) is 14.5 Å². The maximum absolute atomic E-state index is 12.6. The topological polar surface area (TPSA) is 84.9 Å². The normalized spacial score (nSPS) is 15.0. The minimum Gasteiger partial charge on any atom is -0.495 e. The van der Waals surface area contributed by atoms with E-state index in [0.717, 1.165) is 16.7 Å². The van der Waals surface area contributed by atoms with Crippen LogP contribution < -0.4 is 10.1 Å². The molecule has 1 saturated heterocycles. The zero-order valence-corrected chi connectivity index (χ0v) is 17.2. The summed E-state index contributed by atoms with van der Waals surface area (Å²) >= 11 is 6.84. The maximum atomic E-state index is 12.6. The molecule has 1 aliphatic rings. The lowest BCUT2D eigenvalue weighted by Crippen LogP contribution is -2.33. The van der Waals surface area contributed by atoms with Gasteiger partial charge in [0.1, 0.15) is 5.75 Å². The van der Waals surface area contributed by atoms with Crippen molar-refractivity contribution in [3.63, 3.8) is 0 Å². The fourth-order valence-corrected chi connectivity index (χ4v) is 3.61. The fourth-order valence-electron chi connectivity index (χ4n) is 2.60. The predicted molar refractivity (Wildman–Crippen MR) is 112 cm³/mol. The summed E-state index contributed by atoms with van der Waals surface area (Å²) < 4.78 is 9.90. The Hall–Kier alpha value is -2.97. The van der Waals surface area contributed by atoms with Gasteiger partial charge in [-0.1, -0.05) is 23.7 Å². The van der Waals surface area contributed by atoms with Gasteiger partial charge in [-0.05, 0) is 53.7 Å². The van der Waals surface area contributed by atoms with Gasteiger partial charge in [0.2, 0.25) is 0 Å². The van der Waals surface area contributed by atoms with Gasteiger partial charge in [-0.25, -0.2) is 4.79 Å². The highest BCUT2D eigenvalue weighted by Gasteiger charge is 2.35. The van der Waals surface area contributed by atoms with Gasteiger partial charge >= 0.3 is 5.97 Å². The van der Waals surface area contributed by atoms with Gasteiger partial charge in [0.25, 0.3) is 11.1 Å². The maximum Gasteiger partial charge on any atom is 0.337 e. The molecule has 1 fully saturated rings. The molecule has 150 valence electrons. The molecular formula is C20H17ClN2O5S. The average Bonchev–Trinajstić information content (AvgIpc) is 2.99. The zero-order chi connectivity index (χ0) is 21.0. The molecule has 2 aromatic carbocycles. The molecule has 2 aromatic rings. The molecule has 7 nitrogen and oxygen atoms in total. The largest absolute Gasteiger partial charge is 0.495 e. The lowest BCUT2D eigenvalue weighted by atomic mass is 10.1. The van der Waals surface area contributed by atoms with Crippen molar-refractivity contribution in [1.29, 1.82) is 0 Å². The van der Waals surface area contributed by atoms with E-state index in [1.165, 1.54) is 14.2 Å². The number of carbonyl (C=O) groups excluding carboxylic acids is 3. The molecule has 0 bridgehead atoms. The van der Waals surface area contributed by atoms with Crippen molar-refractivity contribution in [2.24, 2.45) is 0 Å². The summed E-state index contributed by atoms with van der Waals surface area (Å²) in [6.45, 7) is -0.0278. The number of rotatable bonds is 6. The van der Waals surface area contributed by atoms with E-state index in [-0.39, 0.29) is 11.9 Å². The highest BCUT2D eigenvalue weighted by molar-refractivity contribution is 8.18. The van der Waals surface area contributed by atoms with Crippen LogP contribution in [0, 0.1) is 0 Å². The average molecular weight is 433 g/mol. The molecule has 0 saturated carbocycles. The number of hydrogen-bond donors (Lipinski definition) is 1. The van der Waals surface area contributed by atoms with Crippen molar-refractivity contribution in [3.8, 4) is 5.75 Å². The number of anilines is 1. The Labute approximate surface area is 176 Å². The van der Waals surface area contributed by atoms with Gasteiger partial charge in [0, 0.05) is 5.02 Å². The number of imide groups is 1. The van der Waals surface area contributed by atoms with Crippen LogP contribution in [0.25, 0.3) is 6.08 Å². The zero-order valence-electron chi connectivity index (χ0n) is 15.6. The molecule has 1 heterocycles. The van der Waals surface area contributed by atoms with Crippen LogP contribution in [-0.2, 0) is 9.53 Å². The third-order valence-electron chi connectivity index (χ3n) is 4.09. The predicted octanol–water partition coefficient (Wildman–Crippen LogP) is 4.24. The van der Waals surface area contributed by atoms with Gasteiger partial charge in [-0.2, -0.15) is 0 Å². The van der Waals surface area contributed by atoms with Gasteiger partial charge in [0.15, 0.2) is 0 Å². The minimum absolute atomic E-state index is 0.0278. The molecule has 1 aliphatic heterocycles. The number of benzene rings is 2. The molecule has 0 unspecified atom stereocenters. The Morgan fingerprint density at radius 3 is 2.55 bits per heavy atom. The van der Waals surface area contributed by atoms with Crippen molar-refractivity contribution in [1.82, 2.24) is 4.90 Å². The van der Waals surface area contributed by atoms with E-state index in [0.29, 0.717) is 32.5 Å². The summed E-state index contributed by atoms with van der Waals surface area (Å²) in [5.41, 5.74) is 1.66. The number of nitrogens with zero attached hydrogens (tertiary/aromatic N) is 1. The summed E-state index contributed by atoms with van der Waals surface area (Å²) in [6.07, 6.45) is 1.60. The first-order valence-electron chi connectivity index (χ1n) is 8.44. The van der Waals surface area contributed by atoms with Crippen LogP contribution in [0.1, 0.15) is 15.9 Å². The van der Waals surface area contributed by atoms with Crippen molar-refractivity contribution >= 4 is 52.2 Å². The first-order chi connectivity index (χ1) is 13.9. The Kier molecular flexibility index (Phi) is 6.46. The van der Waals surface area contributed by atoms with Crippen LogP contribution in [0.2, 0.25) is 5.02 Å². The third kappa shape index (κ3) is 4.72. The van der Waals surface area contributed by atoms with E-state index < -0.39 is 11.9 Å². The molecule has 0 radical (unpaired) electrons. The van der Waals surface area contributed by atoms with Gasteiger partial charge < -0.3 is 14.8 Å². The molecule has 0 atom stereocenters. The molecule has 0 aromatic heterocycles. The van der Waals surface area contributed by atoms with Crippen LogP contribution >= 0.6 is 23.4 Å². The summed E-state index contributed by atoms with van der Waals surface area (Å²) in [6, 6.07) is 11.6. The first-order valence-corrected chi connectivity index (χ1v) is 9.63. The van der Waals surface area contributed by atoms with Crippen molar-refractivity contribution in [2.45, 2.75) is 0 Å². The fraction of sp³-hybridized carbons (Fsp3) is 0.150. The van der Waals surface area contributed by atoms with Crippen molar-refractivity contribution in [2.75, 3.05) is 26.2 Å². The smallest absolute Gasteiger partial charge is 0.337 e. The van der Waals surface area contributed by atoms with Crippen LogP contribution in [0.3, 0.4) is 0 Å². The van der Waals surface area contributed by atoms with Crippen LogP contribution in [0.15, 0.2) is 47.4 Å². The molecule has 0 spiro atoms. The summed E-state index contributed by atoms with van der Waals surface area (Å²) in [7, 11) is 2.82. The number of methoxy groups -OCH3 is 2. The van der Waals surface area contributed by atoms with Crippen LogP contribution in [-0.4, -0.2) is 42.9 Å². The molecule has 2 amide bonds. The number of ether oxygens (including phenoxy) is 2. The van der Waals surface area contributed by atoms with Crippen LogP contribution in [0.4, 0.5) is 10.5 Å². The summed E-state index contributed by atoms with van der Waals surface area (Å²) in [5, 5.41) is 3.11. The van der Waals surface area contributed by atoms with Crippen LogP contribution in [0.5, 0.6) is 5.75 Å². The summed E-state index contributed by atoms with van der Waals surface area (Å²) in [4.78, 5) is 37.8. The van der Waals surface area contributed by atoms with E-state index in [1.807, 2.05) is 0 Å². The second kappa shape index (κ2) is 9.02. The number of esters is 1. The molecule has 9 heteroatoms. The quantitative estimate of drug-likeness (QED) is 0.539. The third-order valence-corrected chi connectivity index (χ3v) is 5.23. The highest BCUT2D eigenvalue weighted by Crippen LogP contribution is 2.33. The summed E-state index contributed by atoms with van der Waals surface area (Å²) in [5.74, 6) is -0.312. The molecule has 3 rings (SSSR count). The Bertz CT molecular complexity index is 991. The molecule has 1 N–H and O–H groups in total. The standard InChI is InChI=1S/C20H17ClN2O5S/c1-27-16-8-7-14(21)10-15(16)22-11-23-18(24)17(29-20(23)26)9-12-3-5-13(6-4-12)19(25)28-2/h3-10,22H,11H2,1-2H3/b17-9+. The van der Waals surface area contributed by atoms with Gasteiger partial charge in [0.05, 0.1) is 37.0 Å². The molecule has 0 aliphatic carbocycles. The van der Waals surface area contributed by atoms with E-state index >= 15 is 0 Å². The number of thioether (sulfide) groups is 1. The number of amides is 2. The van der Waals surface area contributed by atoms with E-state index in [1.54, 1.807) is 48.5 Å². The Morgan fingerprint density at radius 1 is 1.17 bits per heavy atom. The van der Waals surface area contributed by atoms with E-state index in [2.05, 4.69) is 10.1 Å². The second-order valence-electron chi connectivity index (χ2n) is 5.90. The van der Waals surface area contributed by atoms with E-state index in [9.17, 15) is 14.4 Å². The molecular weight excluding hydrogens is 416 g/mol. The first kappa shape index (κ1) is 20.8. The lowest BCUT2D eigenvalue weighted by Gasteiger charge is -2.16. The number of hydrogen-bond acceptors (Lipinski definition) is 7. The number of halogens is 1. The van der Waals surface area contributed by atoms with Gasteiger partial charge in [-0.15, -0.1) is 0 Å². The number of carbonyl (C=O) groups is 3. The van der Waals surface area contributed by atoms with Crippen molar-refractivity contribution in [3.05, 3.63) is 63.5 Å². The molecule has 29 heavy (non-hydrogen) atoms. The lowest BCUT2D eigenvalue weighted by molar-refractivity contribution is -0.122. The SMILES string of the molecule is COC(=O)c1ccc(/C=C2/SC(=O)N(CNc3cc(Cl)ccc3OC)C2=O)cc1.